The Hall–Kier alpha value is -2.35. The summed E-state index contributed by atoms with van der Waals surface area (Å²) in [4.78, 5) is 33.7. The van der Waals surface area contributed by atoms with E-state index in [9.17, 15) is 9.59 Å². The first-order valence-corrected chi connectivity index (χ1v) is 9.79. The molecule has 0 aliphatic carbocycles. The minimum atomic E-state index is -0.307. The highest BCUT2D eigenvalue weighted by molar-refractivity contribution is 7.16. The molecular formula is C18H24N4O3S. The average molecular weight is 376 g/mol. The van der Waals surface area contributed by atoms with E-state index in [0.29, 0.717) is 37.7 Å². The van der Waals surface area contributed by atoms with Gasteiger partial charge in [0.25, 0.3) is 5.91 Å². The first kappa shape index (κ1) is 18.4. The van der Waals surface area contributed by atoms with Crippen LogP contribution in [-0.2, 0) is 11.2 Å². The normalized spacial score (nSPS) is 14.5. The molecule has 0 saturated carbocycles. The fourth-order valence-corrected chi connectivity index (χ4v) is 3.98. The first-order valence-electron chi connectivity index (χ1n) is 8.98. The number of thiazole rings is 1. The third kappa shape index (κ3) is 3.90. The van der Waals surface area contributed by atoms with Gasteiger partial charge in [0.1, 0.15) is 4.88 Å². The van der Waals surface area contributed by atoms with E-state index in [-0.39, 0.29) is 12.0 Å². The summed E-state index contributed by atoms with van der Waals surface area (Å²) in [6, 6.07) is 3.88. The molecule has 7 nitrogen and oxygen atoms in total. The predicted octanol–water partition coefficient (Wildman–Crippen LogP) is 2.80. The van der Waals surface area contributed by atoms with Crippen LogP contribution in [0.15, 0.2) is 24.5 Å². The lowest BCUT2D eigenvalue weighted by Gasteiger charge is -2.33. The zero-order valence-electron chi connectivity index (χ0n) is 15.2. The molecule has 8 heteroatoms. The summed E-state index contributed by atoms with van der Waals surface area (Å²) in [7, 11) is 0. The molecule has 0 bridgehead atoms. The number of carbonyl (C=O) groups is 2. The summed E-state index contributed by atoms with van der Waals surface area (Å²) >= 11 is 1.43. The summed E-state index contributed by atoms with van der Waals surface area (Å²) in [6.45, 7) is 6.26. The van der Waals surface area contributed by atoms with Gasteiger partial charge in [-0.05, 0) is 25.5 Å². The van der Waals surface area contributed by atoms with Gasteiger partial charge >= 0.3 is 6.09 Å². The molecule has 0 atom stereocenters. The molecule has 1 fully saturated rings. The van der Waals surface area contributed by atoms with E-state index < -0.39 is 0 Å². The fourth-order valence-electron chi connectivity index (χ4n) is 2.94. The lowest BCUT2D eigenvalue weighted by atomic mass is 10.2. The molecule has 26 heavy (non-hydrogen) atoms. The third-order valence-electron chi connectivity index (χ3n) is 4.29. The molecule has 1 aliphatic rings. The maximum absolute atomic E-state index is 13.0. The van der Waals surface area contributed by atoms with E-state index in [1.54, 1.807) is 11.8 Å². The largest absolute Gasteiger partial charge is 0.450 e. The molecule has 3 heterocycles. The van der Waals surface area contributed by atoms with Crippen molar-refractivity contribution in [2.24, 2.45) is 0 Å². The first-order chi connectivity index (χ1) is 12.6. The van der Waals surface area contributed by atoms with E-state index in [2.05, 4.69) is 11.9 Å². The number of piperazine rings is 1. The zero-order valence-corrected chi connectivity index (χ0v) is 16.0. The molecule has 140 valence electrons. The van der Waals surface area contributed by atoms with E-state index in [4.69, 9.17) is 4.74 Å². The van der Waals surface area contributed by atoms with Crippen molar-refractivity contribution in [3.8, 4) is 5.13 Å². The third-order valence-corrected chi connectivity index (χ3v) is 5.38. The number of aromatic nitrogens is 2. The number of nitrogens with zero attached hydrogens (tertiary/aromatic N) is 4. The number of ether oxygens (including phenoxy) is 1. The van der Waals surface area contributed by atoms with Gasteiger partial charge in [-0.15, -0.1) is 0 Å². The number of hydrogen-bond donors (Lipinski definition) is 0. The van der Waals surface area contributed by atoms with Gasteiger partial charge < -0.3 is 19.1 Å². The van der Waals surface area contributed by atoms with Crippen LogP contribution in [-0.4, -0.2) is 64.1 Å². The second-order valence-corrected chi connectivity index (χ2v) is 7.07. The molecule has 2 amide bonds. The standard InChI is InChI=1S/C18H24N4O3S/c1-3-7-14-15(26-17(19-14)21-8-5-6-9-21)16(23)20-10-12-22(13-11-20)18(24)25-4-2/h5-6,8-9H,3-4,7,10-13H2,1-2H3. The van der Waals surface area contributed by atoms with Crippen molar-refractivity contribution in [3.63, 3.8) is 0 Å². The van der Waals surface area contributed by atoms with Crippen LogP contribution in [0.1, 0.15) is 35.6 Å². The van der Waals surface area contributed by atoms with Gasteiger partial charge in [-0.3, -0.25) is 4.79 Å². The van der Waals surface area contributed by atoms with E-state index in [0.717, 1.165) is 23.7 Å². The monoisotopic (exact) mass is 376 g/mol. The summed E-state index contributed by atoms with van der Waals surface area (Å²) in [6.07, 6.45) is 5.27. The van der Waals surface area contributed by atoms with Crippen molar-refractivity contribution in [3.05, 3.63) is 35.1 Å². The van der Waals surface area contributed by atoms with Crippen molar-refractivity contribution in [2.45, 2.75) is 26.7 Å². The fraction of sp³-hybridized carbons (Fsp3) is 0.500. The van der Waals surface area contributed by atoms with Crippen LogP contribution in [0.3, 0.4) is 0 Å². The zero-order chi connectivity index (χ0) is 18.5. The van der Waals surface area contributed by atoms with Gasteiger partial charge in [-0.1, -0.05) is 24.7 Å². The molecular weight excluding hydrogens is 352 g/mol. The van der Waals surface area contributed by atoms with Crippen molar-refractivity contribution < 1.29 is 14.3 Å². The molecule has 1 aliphatic heterocycles. The molecule has 0 unspecified atom stereocenters. The number of aryl methyl sites for hydroxylation is 1. The van der Waals surface area contributed by atoms with Crippen LogP contribution in [0.25, 0.3) is 5.13 Å². The topological polar surface area (TPSA) is 67.7 Å². The van der Waals surface area contributed by atoms with Crippen LogP contribution in [0.4, 0.5) is 4.79 Å². The number of rotatable bonds is 5. The summed E-state index contributed by atoms with van der Waals surface area (Å²) in [5.41, 5.74) is 0.860. The van der Waals surface area contributed by atoms with Gasteiger partial charge in [0, 0.05) is 38.6 Å². The van der Waals surface area contributed by atoms with Crippen LogP contribution in [0, 0.1) is 0 Å². The smallest absolute Gasteiger partial charge is 0.409 e. The average Bonchev–Trinajstić information content (AvgIpc) is 3.31. The molecule has 2 aromatic heterocycles. The van der Waals surface area contributed by atoms with Gasteiger partial charge in [0.2, 0.25) is 0 Å². The lowest BCUT2D eigenvalue weighted by molar-refractivity contribution is 0.0573. The second-order valence-electron chi connectivity index (χ2n) is 6.09. The van der Waals surface area contributed by atoms with Crippen LogP contribution < -0.4 is 0 Å². The number of carbonyl (C=O) groups excluding carboxylic acids is 2. The number of hydrogen-bond acceptors (Lipinski definition) is 5. The van der Waals surface area contributed by atoms with Crippen molar-refractivity contribution >= 4 is 23.3 Å². The van der Waals surface area contributed by atoms with Gasteiger partial charge in [-0.2, -0.15) is 0 Å². The Kier molecular flexibility index (Phi) is 5.92. The van der Waals surface area contributed by atoms with E-state index >= 15 is 0 Å². The van der Waals surface area contributed by atoms with Crippen molar-refractivity contribution in [1.29, 1.82) is 0 Å². The predicted molar refractivity (Wildman–Crippen MR) is 99.9 cm³/mol. The Balaban J connectivity index is 1.72. The summed E-state index contributed by atoms with van der Waals surface area (Å²) in [5.74, 6) is 0.00728. The van der Waals surface area contributed by atoms with Gasteiger partial charge in [-0.25, -0.2) is 9.78 Å². The minimum absolute atomic E-state index is 0.00728. The van der Waals surface area contributed by atoms with Gasteiger partial charge in [0.15, 0.2) is 5.13 Å². The molecule has 0 spiro atoms. The highest BCUT2D eigenvalue weighted by Crippen LogP contribution is 2.25. The molecule has 0 radical (unpaired) electrons. The van der Waals surface area contributed by atoms with Crippen LogP contribution >= 0.6 is 11.3 Å². The maximum atomic E-state index is 13.0. The minimum Gasteiger partial charge on any atom is -0.450 e. The molecule has 1 saturated heterocycles. The Labute approximate surface area is 157 Å². The highest BCUT2D eigenvalue weighted by Gasteiger charge is 2.28. The van der Waals surface area contributed by atoms with Crippen molar-refractivity contribution in [1.82, 2.24) is 19.4 Å². The lowest BCUT2D eigenvalue weighted by Crippen LogP contribution is -2.50. The second kappa shape index (κ2) is 8.35. The Morgan fingerprint density at radius 1 is 1.12 bits per heavy atom. The van der Waals surface area contributed by atoms with Crippen LogP contribution in [0.2, 0.25) is 0 Å². The van der Waals surface area contributed by atoms with Crippen molar-refractivity contribution in [2.75, 3.05) is 32.8 Å². The summed E-state index contributed by atoms with van der Waals surface area (Å²) in [5, 5.41) is 0.812. The quantitative estimate of drug-likeness (QED) is 0.805. The maximum Gasteiger partial charge on any atom is 0.409 e. The Morgan fingerprint density at radius 2 is 1.77 bits per heavy atom. The van der Waals surface area contributed by atoms with Crippen LogP contribution in [0.5, 0.6) is 0 Å². The highest BCUT2D eigenvalue weighted by atomic mass is 32.1. The van der Waals surface area contributed by atoms with E-state index in [1.165, 1.54) is 11.3 Å². The summed E-state index contributed by atoms with van der Waals surface area (Å²) < 4.78 is 6.96. The van der Waals surface area contributed by atoms with Gasteiger partial charge in [0.05, 0.1) is 12.3 Å². The molecule has 2 aromatic rings. The number of amides is 2. The molecule has 0 aromatic carbocycles. The Morgan fingerprint density at radius 3 is 2.38 bits per heavy atom. The Bertz CT molecular complexity index is 749. The van der Waals surface area contributed by atoms with E-state index in [1.807, 2.05) is 34.0 Å². The molecule has 0 N–H and O–H groups in total. The SMILES string of the molecule is CCCc1nc(-n2cccc2)sc1C(=O)N1CCN(C(=O)OCC)CC1. The molecule has 3 rings (SSSR count).